The van der Waals surface area contributed by atoms with Gasteiger partial charge in [0.1, 0.15) is 0 Å². The molecule has 0 N–H and O–H groups in total. The first kappa shape index (κ1) is 31.6. The van der Waals surface area contributed by atoms with Crippen LogP contribution >= 0.6 is 11.3 Å². The zero-order valence-electron chi connectivity index (χ0n) is 29.9. The Morgan fingerprint density at radius 1 is 0.364 bits per heavy atom. The lowest BCUT2D eigenvalue weighted by atomic mass is 9.92. The predicted molar refractivity (Wildman–Crippen MR) is 237 cm³/mol. The highest BCUT2D eigenvalue weighted by Crippen LogP contribution is 2.45. The molecule has 0 fully saturated rings. The third kappa shape index (κ3) is 5.24. The molecule has 0 spiro atoms. The molecule has 3 heteroatoms. The van der Waals surface area contributed by atoms with Gasteiger partial charge in [0.05, 0.1) is 16.7 Å². The van der Waals surface area contributed by atoms with E-state index in [0.29, 0.717) is 0 Å². The maximum Gasteiger partial charge on any atom is 0.0541 e. The molecule has 0 aliphatic carbocycles. The molecule has 0 bridgehead atoms. The van der Waals surface area contributed by atoms with Crippen molar-refractivity contribution in [3.05, 3.63) is 206 Å². The van der Waals surface area contributed by atoms with Crippen molar-refractivity contribution in [2.75, 3.05) is 4.90 Å². The summed E-state index contributed by atoms with van der Waals surface area (Å²) >= 11 is 1.86. The largest absolute Gasteiger partial charge is 0.310 e. The monoisotopic (exact) mass is 718 g/mol. The van der Waals surface area contributed by atoms with E-state index in [9.17, 15) is 0 Å². The molecule has 2 nitrogen and oxygen atoms in total. The normalized spacial score (nSPS) is 11.6. The van der Waals surface area contributed by atoms with Crippen molar-refractivity contribution in [3.8, 4) is 27.9 Å². The first-order chi connectivity index (χ1) is 27.3. The predicted octanol–water partition coefficient (Wildman–Crippen LogP) is 15.1. The number of rotatable bonds is 6. The topological polar surface area (TPSA) is 8.17 Å². The Bertz CT molecular complexity index is 3220. The molecule has 0 atom stereocenters. The maximum atomic E-state index is 2.43. The Labute approximate surface area is 323 Å². The number of benzene rings is 9. The molecule has 0 unspecified atom stereocenters. The second-order valence-electron chi connectivity index (χ2n) is 14.1. The van der Waals surface area contributed by atoms with Gasteiger partial charge in [-0.25, -0.2) is 0 Å². The van der Waals surface area contributed by atoms with Crippen LogP contribution in [0.3, 0.4) is 0 Å². The van der Waals surface area contributed by atoms with Crippen molar-refractivity contribution >= 4 is 81.1 Å². The first-order valence-electron chi connectivity index (χ1n) is 18.8. The third-order valence-electron chi connectivity index (χ3n) is 11.0. The molecule has 2 heterocycles. The number of aromatic nitrogens is 1. The van der Waals surface area contributed by atoms with Crippen LogP contribution in [0.25, 0.3) is 80.7 Å². The summed E-state index contributed by atoms with van der Waals surface area (Å²) in [6.07, 6.45) is 0. The van der Waals surface area contributed by atoms with E-state index in [1.807, 2.05) is 11.3 Å². The molecule has 258 valence electrons. The van der Waals surface area contributed by atoms with Crippen molar-refractivity contribution < 1.29 is 0 Å². The van der Waals surface area contributed by atoms with Crippen molar-refractivity contribution in [3.63, 3.8) is 0 Å². The minimum atomic E-state index is 1.12. The van der Waals surface area contributed by atoms with Crippen LogP contribution in [0, 0.1) is 0 Å². The molecule has 0 saturated carbocycles. The fourth-order valence-corrected chi connectivity index (χ4v) is 9.54. The summed E-state index contributed by atoms with van der Waals surface area (Å²) in [6, 6.07) is 75.2. The molecule has 0 saturated heterocycles. The van der Waals surface area contributed by atoms with Gasteiger partial charge in [-0.05, 0) is 100 Å². The van der Waals surface area contributed by atoms with E-state index in [-0.39, 0.29) is 0 Å². The van der Waals surface area contributed by atoms with E-state index in [2.05, 4.69) is 216 Å². The zero-order valence-corrected chi connectivity index (χ0v) is 30.7. The molecule has 11 rings (SSSR count). The van der Waals surface area contributed by atoms with Crippen LogP contribution in [0.2, 0.25) is 0 Å². The fraction of sp³-hybridized carbons (Fsp3) is 0. The van der Waals surface area contributed by atoms with Gasteiger partial charge < -0.3 is 9.47 Å². The van der Waals surface area contributed by atoms with E-state index in [0.717, 1.165) is 17.1 Å². The van der Waals surface area contributed by atoms with Crippen molar-refractivity contribution in [2.45, 2.75) is 0 Å². The second-order valence-corrected chi connectivity index (χ2v) is 15.2. The number of hydrogen-bond acceptors (Lipinski definition) is 2. The van der Waals surface area contributed by atoms with Gasteiger partial charge in [0.2, 0.25) is 0 Å². The Kier molecular flexibility index (Phi) is 7.39. The van der Waals surface area contributed by atoms with Crippen LogP contribution in [0.5, 0.6) is 0 Å². The van der Waals surface area contributed by atoms with Gasteiger partial charge in [-0.2, -0.15) is 0 Å². The molecule has 0 amide bonds. The van der Waals surface area contributed by atoms with E-state index in [1.54, 1.807) is 0 Å². The van der Waals surface area contributed by atoms with Gasteiger partial charge in [0.15, 0.2) is 0 Å². The van der Waals surface area contributed by atoms with E-state index in [4.69, 9.17) is 0 Å². The zero-order chi connectivity index (χ0) is 36.3. The van der Waals surface area contributed by atoms with Gasteiger partial charge in [-0.1, -0.05) is 133 Å². The number of fused-ring (bicyclic) bond motifs is 7. The van der Waals surface area contributed by atoms with Crippen molar-refractivity contribution in [2.24, 2.45) is 0 Å². The Hall–Kier alpha value is -6.94. The van der Waals surface area contributed by atoms with Crippen LogP contribution in [-0.4, -0.2) is 4.57 Å². The average Bonchev–Trinajstić information content (AvgIpc) is 3.79. The lowest BCUT2D eigenvalue weighted by molar-refractivity contribution is 1.19. The summed E-state index contributed by atoms with van der Waals surface area (Å²) in [4.78, 5) is 2.39. The van der Waals surface area contributed by atoms with Crippen LogP contribution in [-0.2, 0) is 0 Å². The Morgan fingerprint density at radius 2 is 1.04 bits per heavy atom. The van der Waals surface area contributed by atoms with Crippen molar-refractivity contribution in [1.82, 2.24) is 4.57 Å². The Balaban J connectivity index is 1.08. The summed E-state index contributed by atoms with van der Waals surface area (Å²) in [5.41, 5.74) is 11.7. The first-order valence-corrected chi connectivity index (χ1v) is 19.6. The molecule has 11 aromatic rings. The van der Waals surface area contributed by atoms with Gasteiger partial charge in [-0.3, -0.25) is 0 Å². The lowest BCUT2D eigenvalue weighted by Gasteiger charge is -2.28. The molecule has 0 aliphatic rings. The summed E-state index contributed by atoms with van der Waals surface area (Å²) in [7, 11) is 0. The number of anilines is 3. The standard InChI is InChI=1S/C52H34N2S/c1-2-16-38(17-3-1)53(39-28-26-35-14-4-5-15-36(35)32-39)48-23-11-8-20-43(48)42-19-7-6-18-41(42)37-27-30-50-46(33-37)44-21-9-12-24-49(44)54(50)40-29-31-52-47(34-40)45-22-10-13-25-51(45)55-52/h1-34H. The molecule has 0 aliphatic heterocycles. The summed E-state index contributed by atoms with van der Waals surface area (Å²) in [6.45, 7) is 0. The van der Waals surface area contributed by atoms with Crippen LogP contribution in [0.1, 0.15) is 0 Å². The SMILES string of the molecule is c1ccc(N(c2ccc3ccccc3c2)c2ccccc2-c2ccccc2-c2ccc3c(c2)c2ccccc2n3-c2ccc3sc4ccccc4c3c2)cc1. The molecule has 0 radical (unpaired) electrons. The third-order valence-corrected chi connectivity index (χ3v) is 12.1. The smallest absolute Gasteiger partial charge is 0.0541 e. The highest BCUT2D eigenvalue weighted by atomic mass is 32.1. The van der Waals surface area contributed by atoms with Gasteiger partial charge in [0, 0.05) is 53.6 Å². The summed E-state index contributed by atoms with van der Waals surface area (Å²) in [5, 5.41) is 7.56. The number of hydrogen-bond donors (Lipinski definition) is 0. The Morgan fingerprint density at radius 3 is 1.93 bits per heavy atom. The van der Waals surface area contributed by atoms with Crippen LogP contribution in [0.15, 0.2) is 206 Å². The highest BCUT2D eigenvalue weighted by molar-refractivity contribution is 7.25. The minimum absolute atomic E-state index is 1.12. The minimum Gasteiger partial charge on any atom is -0.310 e. The van der Waals surface area contributed by atoms with Crippen LogP contribution in [0.4, 0.5) is 17.1 Å². The molecular weight excluding hydrogens is 685 g/mol. The summed E-state index contributed by atoms with van der Waals surface area (Å²) < 4.78 is 5.07. The highest BCUT2D eigenvalue weighted by Gasteiger charge is 2.20. The second kappa shape index (κ2) is 12.9. The number of thiophene rings is 1. The van der Waals surface area contributed by atoms with Gasteiger partial charge in [-0.15, -0.1) is 11.3 Å². The molecular formula is C52H34N2S. The molecule has 2 aromatic heterocycles. The average molecular weight is 719 g/mol. The van der Waals surface area contributed by atoms with E-state index in [1.165, 1.54) is 80.7 Å². The van der Waals surface area contributed by atoms with Crippen molar-refractivity contribution in [1.29, 1.82) is 0 Å². The van der Waals surface area contributed by atoms with Gasteiger partial charge in [0.25, 0.3) is 0 Å². The van der Waals surface area contributed by atoms with E-state index < -0.39 is 0 Å². The van der Waals surface area contributed by atoms with E-state index >= 15 is 0 Å². The number of nitrogens with zero attached hydrogens (tertiary/aromatic N) is 2. The quantitative estimate of drug-likeness (QED) is 0.166. The maximum absolute atomic E-state index is 2.43. The fourth-order valence-electron chi connectivity index (χ4n) is 8.46. The number of para-hydroxylation sites is 3. The summed E-state index contributed by atoms with van der Waals surface area (Å²) in [5.74, 6) is 0. The molecule has 55 heavy (non-hydrogen) atoms. The lowest BCUT2D eigenvalue weighted by Crippen LogP contribution is -2.11. The van der Waals surface area contributed by atoms with Crippen LogP contribution < -0.4 is 4.90 Å². The van der Waals surface area contributed by atoms with Gasteiger partial charge >= 0.3 is 0 Å². The molecule has 9 aromatic carbocycles.